The van der Waals surface area contributed by atoms with E-state index in [4.69, 9.17) is 0 Å². The molecule has 0 saturated heterocycles. The standard InChI is InChI=1S/C32H40Br2N2O2/c1-5-9-11-21(7-3)19-35-27-17-23(33)13-15-25(27)29(31(35)37)30-26-16-14-24(34)18-28(26)36(32(30)38)20-22(8-4)12-10-6-2/h13-18,21-22H,5-12,19-20H2,1-4H3/b30-29-/t21-,22-/m0/s1. The molecule has 4 rings (SSSR count). The minimum absolute atomic E-state index is 0.0508. The highest BCUT2D eigenvalue weighted by molar-refractivity contribution is 9.10. The molecule has 204 valence electrons. The molecule has 0 saturated carbocycles. The van der Waals surface area contributed by atoms with Gasteiger partial charge in [0.05, 0.1) is 22.5 Å². The average molecular weight is 644 g/mol. The first-order valence-corrected chi connectivity index (χ1v) is 15.9. The molecule has 0 bridgehead atoms. The minimum atomic E-state index is -0.0508. The van der Waals surface area contributed by atoms with Gasteiger partial charge in [0.1, 0.15) is 0 Å². The van der Waals surface area contributed by atoms with Gasteiger partial charge in [-0.2, -0.15) is 0 Å². The van der Waals surface area contributed by atoms with E-state index >= 15 is 0 Å². The first kappa shape index (κ1) is 29.1. The Kier molecular flexibility index (Phi) is 9.91. The molecule has 2 atom stereocenters. The highest BCUT2D eigenvalue weighted by Gasteiger charge is 2.42. The van der Waals surface area contributed by atoms with Crippen molar-refractivity contribution < 1.29 is 9.59 Å². The first-order chi connectivity index (χ1) is 18.3. The van der Waals surface area contributed by atoms with Crippen molar-refractivity contribution in [3.05, 3.63) is 56.5 Å². The van der Waals surface area contributed by atoms with E-state index in [1.54, 1.807) is 0 Å². The minimum Gasteiger partial charge on any atom is -0.307 e. The van der Waals surface area contributed by atoms with Crippen LogP contribution in [-0.2, 0) is 9.59 Å². The zero-order valence-electron chi connectivity index (χ0n) is 23.2. The van der Waals surface area contributed by atoms with Gasteiger partial charge in [-0.1, -0.05) is 110 Å². The number of fused-ring (bicyclic) bond motifs is 2. The van der Waals surface area contributed by atoms with E-state index in [2.05, 4.69) is 59.6 Å². The fourth-order valence-electron chi connectivity index (χ4n) is 5.79. The van der Waals surface area contributed by atoms with Gasteiger partial charge in [0, 0.05) is 33.2 Å². The second kappa shape index (κ2) is 13.0. The summed E-state index contributed by atoms with van der Waals surface area (Å²) in [4.78, 5) is 32.3. The summed E-state index contributed by atoms with van der Waals surface area (Å²) in [5.41, 5.74) is 4.63. The highest BCUT2D eigenvalue weighted by Crippen LogP contribution is 2.48. The smallest absolute Gasteiger partial charge is 0.259 e. The van der Waals surface area contributed by atoms with Crippen LogP contribution >= 0.6 is 31.9 Å². The number of unbranched alkanes of at least 4 members (excludes halogenated alkanes) is 2. The molecule has 2 amide bonds. The summed E-state index contributed by atoms with van der Waals surface area (Å²) in [6, 6.07) is 12.0. The van der Waals surface area contributed by atoms with Crippen molar-refractivity contribution in [2.45, 2.75) is 79.1 Å². The van der Waals surface area contributed by atoms with Crippen LogP contribution in [0.25, 0.3) is 11.1 Å². The summed E-state index contributed by atoms with van der Waals surface area (Å²) in [6.45, 7) is 10.2. The van der Waals surface area contributed by atoms with Gasteiger partial charge in [0.2, 0.25) is 0 Å². The van der Waals surface area contributed by atoms with Crippen LogP contribution in [0.3, 0.4) is 0 Å². The maximum absolute atomic E-state index is 14.2. The van der Waals surface area contributed by atoms with Crippen LogP contribution in [-0.4, -0.2) is 24.9 Å². The summed E-state index contributed by atoms with van der Waals surface area (Å²) in [5.74, 6) is 0.756. The molecule has 0 unspecified atom stereocenters. The second-order valence-corrected chi connectivity index (χ2v) is 12.6. The van der Waals surface area contributed by atoms with Gasteiger partial charge in [-0.05, 0) is 48.9 Å². The summed E-state index contributed by atoms with van der Waals surface area (Å²) in [6.07, 6.45) is 8.87. The number of rotatable bonds is 12. The molecule has 0 aromatic heterocycles. The number of halogens is 2. The molecule has 2 aliphatic heterocycles. The van der Waals surface area contributed by atoms with Crippen molar-refractivity contribution in [2.24, 2.45) is 11.8 Å². The quantitative estimate of drug-likeness (QED) is 0.216. The Labute approximate surface area is 245 Å². The fraction of sp³-hybridized carbons (Fsp3) is 0.500. The molecule has 6 heteroatoms. The van der Waals surface area contributed by atoms with E-state index < -0.39 is 0 Å². The zero-order valence-corrected chi connectivity index (χ0v) is 26.3. The van der Waals surface area contributed by atoms with Crippen molar-refractivity contribution in [1.29, 1.82) is 0 Å². The number of benzene rings is 2. The van der Waals surface area contributed by atoms with E-state index in [1.165, 1.54) is 0 Å². The highest BCUT2D eigenvalue weighted by atomic mass is 79.9. The van der Waals surface area contributed by atoms with Crippen LogP contribution in [0.5, 0.6) is 0 Å². The molecule has 2 aromatic carbocycles. The van der Waals surface area contributed by atoms with Gasteiger partial charge in [0.25, 0.3) is 11.8 Å². The lowest BCUT2D eigenvalue weighted by atomic mass is 9.96. The van der Waals surface area contributed by atoms with Gasteiger partial charge in [-0.3, -0.25) is 9.59 Å². The summed E-state index contributed by atoms with van der Waals surface area (Å²) < 4.78 is 1.87. The number of nitrogens with zero attached hydrogens (tertiary/aromatic N) is 2. The summed E-state index contributed by atoms with van der Waals surface area (Å²) in [5, 5.41) is 0. The SMILES string of the molecule is CCCC[C@H](CC)CN1C(=O)/C(=C2\C(=O)N(C[C@@H](CC)CCCC)c3cc(Br)ccc32)c2ccc(Br)cc21. The van der Waals surface area contributed by atoms with E-state index in [0.29, 0.717) is 36.1 Å². The first-order valence-electron chi connectivity index (χ1n) is 14.3. The number of hydrogen-bond donors (Lipinski definition) is 0. The third-order valence-electron chi connectivity index (χ3n) is 8.18. The van der Waals surface area contributed by atoms with Crippen molar-refractivity contribution >= 4 is 66.2 Å². The Morgan fingerprint density at radius 1 is 0.658 bits per heavy atom. The Morgan fingerprint density at radius 2 is 1.05 bits per heavy atom. The largest absolute Gasteiger partial charge is 0.307 e. The molecule has 4 nitrogen and oxygen atoms in total. The van der Waals surface area contributed by atoms with Gasteiger partial charge in [-0.25, -0.2) is 0 Å². The molecule has 0 fully saturated rings. The number of anilines is 2. The molecule has 0 N–H and O–H groups in total. The van der Waals surface area contributed by atoms with Crippen LogP contribution in [0.1, 0.15) is 90.2 Å². The van der Waals surface area contributed by atoms with E-state index in [0.717, 1.165) is 82.8 Å². The maximum atomic E-state index is 14.2. The molecule has 0 radical (unpaired) electrons. The topological polar surface area (TPSA) is 40.6 Å². The van der Waals surface area contributed by atoms with Gasteiger partial charge in [-0.15, -0.1) is 0 Å². The van der Waals surface area contributed by atoms with Crippen LogP contribution in [0.15, 0.2) is 45.3 Å². The van der Waals surface area contributed by atoms with E-state index in [1.807, 2.05) is 46.2 Å². The number of carbonyl (C=O) groups is 2. The van der Waals surface area contributed by atoms with Crippen LogP contribution < -0.4 is 9.80 Å². The number of hydrogen-bond acceptors (Lipinski definition) is 2. The lowest BCUT2D eigenvalue weighted by molar-refractivity contribution is -0.114. The second-order valence-electron chi connectivity index (χ2n) is 10.7. The molecule has 2 aliphatic rings. The zero-order chi connectivity index (χ0) is 27.4. The van der Waals surface area contributed by atoms with E-state index in [-0.39, 0.29) is 11.8 Å². The molecule has 2 aromatic rings. The monoisotopic (exact) mass is 642 g/mol. The van der Waals surface area contributed by atoms with E-state index in [9.17, 15) is 9.59 Å². The molecular formula is C32H40Br2N2O2. The summed E-state index contributed by atoms with van der Waals surface area (Å²) >= 11 is 7.23. The number of carbonyl (C=O) groups excluding carboxylic acids is 2. The Morgan fingerprint density at radius 3 is 1.39 bits per heavy atom. The molecule has 0 spiro atoms. The Bertz CT molecular complexity index is 1130. The maximum Gasteiger partial charge on any atom is 0.259 e. The number of amides is 2. The van der Waals surface area contributed by atoms with Gasteiger partial charge < -0.3 is 9.80 Å². The van der Waals surface area contributed by atoms with Crippen molar-refractivity contribution in [3.63, 3.8) is 0 Å². The lowest BCUT2D eigenvalue weighted by Crippen LogP contribution is -2.34. The third-order valence-corrected chi connectivity index (χ3v) is 9.16. The van der Waals surface area contributed by atoms with Crippen LogP contribution in [0.2, 0.25) is 0 Å². The lowest BCUT2D eigenvalue weighted by Gasteiger charge is -2.24. The van der Waals surface area contributed by atoms with Crippen molar-refractivity contribution in [3.8, 4) is 0 Å². The third kappa shape index (κ3) is 5.82. The van der Waals surface area contributed by atoms with Gasteiger partial charge >= 0.3 is 0 Å². The normalized spacial score (nSPS) is 18.3. The van der Waals surface area contributed by atoms with Crippen LogP contribution in [0.4, 0.5) is 11.4 Å². The van der Waals surface area contributed by atoms with Crippen LogP contribution in [0, 0.1) is 11.8 Å². The average Bonchev–Trinajstić information content (AvgIpc) is 3.32. The Balaban J connectivity index is 1.81. The summed E-state index contributed by atoms with van der Waals surface area (Å²) in [7, 11) is 0. The van der Waals surface area contributed by atoms with Crippen molar-refractivity contribution in [1.82, 2.24) is 0 Å². The van der Waals surface area contributed by atoms with Crippen molar-refractivity contribution in [2.75, 3.05) is 22.9 Å². The Hall–Kier alpha value is -1.92. The molecule has 38 heavy (non-hydrogen) atoms. The van der Waals surface area contributed by atoms with Gasteiger partial charge in [0.15, 0.2) is 0 Å². The predicted molar refractivity (Wildman–Crippen MR) is 166 cm³/mol. The molecule has 0 aliphatic carbocycles. The predicted octanol–water partition coefficient (Wildman–Crippen LogP) is 9.25. The molecule has 2 heterocycles. The fourth-order valence-corrected chi connectivity index (χ4v) is 6.49. The molecular weight excluding hydrogens is 604 g/mol.